The predicted octanol–water partition coefficient (Wildman–Crippen LogP) is 2.55. The lowest BCUT2D eigenvalue weighted by Crippen LogP contribution is -2.54. The van der Waals surface area contributed by atoms with Crippen LogP contribution >= 0.6 is 11.6 Å². The average molecular weight is 330 g/mol. The molecule has 1 aromatic carbocycles. The smallest absolute Gasteiger partial charge is 0.227 e. The first-order chi connectivity index (χ1) is 11.2. The van der Waals surface area contributed by atoms with E-state index in [1.165, 1.54) is 5.69 Å². The van der Waals surface area contributed by atoms with Crippen molar-refractivity contribution < 1.29 is 4.79 Å². The van der Waals surface area contributed by atoms with Crippen LogP contribution in [-0.4, -0.2) is 46.4 Å². The summed E-state index contributed by atoms with van der Waals surface area (Å²) in [5.74, 6) is 0.862. The molecule has 2 aliphatic heterocycles. The molecule has 23 heavy (non-hydrogen) atoms. The zero-order chi connectivity index (χ0) is 15.8. The number of aromatic nitrogens is 1. The van der Waals surface area contributed by atoms with E-state index in [1.807, 2.05) is 41.4 Å². The van der Waals surface area contributed by atoms with Crippen LogP contribution in [0, 0.1) is 5.92 Å². The van der Waals surface area contributed by atoms with Gasteiger partial charge in [-0.2, -0.15) is 0 Å². The van der Waals surface area contributed by atoms with Crippen molar-refractivity contribution in [2.45, 2.75) is 19.0 Å². The standard InChI is InChI=1S/C18H20ClN3O/c19-15-5-3-13(4-6-15)8-18(23)22-10-14-9-21(17(14)12-22)11-16-2-1-7-20-16/h1-7,14,17,20H,8-12H2/t14-,17+/m1/s1. The Balaban J connectivity index is 1.33. The fraction of sp³-hybridized carbons (Fsp3) is 0.389. The van der Waals surface area contributed by atoms with Gasteiger partial charge >= 0.3 is 0 Å². The summed E-state index contributed by atoms with van der Waals surface area (Å²) in [6.07, 6.45) is 2.43. The predicted molar refractivity (Wildman–Crippen MR) is 90.2 cm³/mol. The molecule has 1 N–H and O–H groups in total. The van der Waals surface area contributed by atoms with Crippen LogP contribution in [0.3, 0.4) is 0 Å². The van der Waals surface area contributed by atoms with E-state index in [0.717, 1.165) is 31.7 Å². The van der Waals surface area contributed by atoms with Crippen LogP contribution in [0.25, 0.3) is 0 Å². The Morgan fingerprint density at radius 1 is 1.17 bits per heavy atom. The van der Waals surface area contributed by atoms with Gasteiger partial charge in [-0.1, -0.05) is 23.7 Å². The molecule has 0 aliphatic carbocycles. The van der Waals surface area contributed by atoms with Gasteiger partial charge in [0.2, 0.25) is 5.91 Å². The van der Waals surface area contributed by atoms with E-state index in [4.69, 9.17) is 11.6 Å². The number of carbonyl (C=O) groups is 1. The summed E-state index contributed by atoms with van der Waals surface area (Å²) < 4.78 is 0. The topological polar surface area (TPSA) is 39.3 Å². The number of halogens is 1. The maximum atomic E-state index is 12.5. The monoisotopic (exact) mass is 329 g/mol. The van der Waals surface area contributed by atoms with Crippen molar-refractivity contribution in [3.8, 4) is 0 Å². The highest BCUT2D eigenvalue weighted by atomic mass is 35.5. The summed E-state index contributed by atoms with van der Waals surface area (Å²) in [5, 5.41) is 0.709. The van der Waals surface area contributed by atoms with Crippen molar-refractivity contribution in [1.29, 1.82) is 0 Å². The van der Waals surface area contributed by atoms with Gasteiger partial charge in [0, 0.05) is 55.1 Å². The van der Waals surface area contributed by atoms with E-state index < -0.39 is 0 Å². The Morgan fingerprint density at radius 2 is 2.00 bits per heavy atom. The van der Waals surface area contributed by atoms with Crippen LogP contribution in [-0.2, 0) is 17.8 Å². The number of nitrogens with zero attached hydrogens (tertiary/aromatic N) is 2. The van der Waals surface area contributed by atoms with Crippen LogP contribution in [0.5, 0.6) is 0 Å². The summed E-state index contributed by atoms with van der Waals surface area (Å²) in [5.41, 5.74) is 2.27. The molecule has 2 fully saturated rings. The normalized spacial score (nSPS) is 23.6. The molecule has 2 aliphatic rings. The van der Waals surface area contributed by atoms with Gasteiger partial charge in [0.25, 0.3) is 0 Å². The van der Waals surface area contributed by atoms with Crippen molar-refractivity contribution in [2.24, 2.45) is 5.92 Å². The summed E-state index contributed by atoms with van der Waals surface area (Å²) in [4.78, 5) is 20.3. The average Bonchev–Trinajstić information content (AvgIpc) is 3.15. The third-order valence-electron chi connectivity index (χ3n) is 5.00. The third-order valence-corrected chi connectivity index (χ3v) is 5.25. The molecular weight excluding hydrogens is 310 g/mol. The van der Waals surface area contributed by atoms with Crippen LogP contribution in [0.15, 0.2) is 42.6 Å². The molecule has 1 aromatic heterocycles. The maximum absolute atomic E-state index is 12.5. The molecule has 4 rings (SSSR count). The zero-order valence-corrected chi connectivity index (χ0v) is 13.7. The van der Waals surface area contributed by atoms with Gasteiger partial charge in [-0.05, 0) is 29.8 Å². The Hall–Kier alpha value is -1.78. The summed E-state index contributed by atoms with van der Waals surface area (Å²) >= 11 is 5.89. The number of hydrogen-bond donors (Lipinski definition) is 1. The first-order valence-electron chi connectivity index (χ1n) is 8.07. The van der Waals surface area contributed by atoms with E-state index in [-0.39, 0.29) is 5.91 Å². The van der Waals surface area contributed by atoms with Crippen LogP contribution in [0.4, 0.5) is 0 Å². The number of hydrogen-bond acceptors (Lipinski definition) is 2. The van der Waals surface area contributed by atoms with E-state index in [2.05, 4.69) is 16.0 Å². The van der Waals surface area contributed by atoms with Gasteiger partial charge in [0.1, 0.15) is 0 Å². The molecule has 0 saturated carbocycles. The fourth-order valence-electron chi connectivity index (χ4n) is 3.70. The third kappa shape index (κ3) is 3.01. The maximum Gasteiger partial charge on any atom is 0.227 e. The lowest BCUT2D eigenvalue weighted by atomic mass is 9.92. The van der Waals surface area contributed by atoms with E-state index in [1.54, 1.807) is 0 Å². The van der Waals surface area contributed by atoms with E-state index in [9.17, 15) is 4.79 Å². The van der Waals surface area contributed by atoms with Gasteiger partial charge in [-0.15, -0.1) is 0 Å². The first-order valence-corrected chi connectivity index (χ1v) is 8.45. The number of benzene rings is 1. The van der Waals surface area contributed by atoms with Gasteiger partial charge in [-0.25, -0.2) is 0 Å². The largest absolute Gasteiger partial charge is 0.364 e. The minimum absolute atomic E-state index is 0.224. The van der Waals surface area contributed by atoms with Gasteiger partial charge in [0.05, 0.1) is 6.42 Å². The van der Waals surface area contributed by atoms with Crippen LogP contribution < -0.4 is 0 Å². The van der Waals surface area contributed by atoms with E-state index in [0.29, 0.717) is 23.4 Å². The Morgan fingerprint density at radius 3 is 2.74 bits per heavy atom. The molecule has 2 aromatic rings. The number of aromatic amines is 1. The van der Waals surface area contributed by atoms with Crippen LogP contribution in [0.2, 0.25) is 5.02 Å². The molecule has 3 heterocycles. The quantitative estimate of drug-likeness (QED) is 0.936. The van der Waals surface area contributed by atoms with Crippen LogP contribution in [0.1, 0.15) is 11.3 Å². The molecule has 5 heteroatoms. The number of rotatable bonds is 4. The highest BCUT2D eigenvalue weighted by Gasteiger charge is 2.46. The second-order valence-electron chi connectivity index (χ2n) is 6.55. The molecule has 2 atom stereocenters. The number of likely N-dealkylation sites (tertiary alicyclic amines) is 2. The minimum Gasteiger partial charge on any atom is -0.364 e. The lowest BCUT2D eigenvalue weighted by molar-refractivity contribution is -0.129. The SMILES string of the molecule is O=C(Cc1ccc(Cl)cc1)N1C[C@H]2CN(Cc3ccc[nH]3)[C@H]2C1. The highest BCUT2D eigenvalue weighted by Crippen LogP contribution is 2.33. The second kappa shape index (κ2) is 6.02. The molecule has 0 radical (unpaired) electrons. The molecule has 2 saturated heterocycles. The molecule has 0 unspecified atom stereocenters. The molecule has 1 amide bonds. The summed E-state index contributed by atoms with van der Waals surface area (Å²) in [7, 11) is 0. The Bertz CT molecular complexity index is 683. The van der Waals surface area contributed by atoms with Gasteiger partial charge < -0.3 is 9.88 Å². The van der Waals surface area contributed by atoms with Gasteiger partial charge in [0.15, 0.2) is 0 Å². The van der Waals surface area contributed by atoms with E-state index >= 15 is 0 Å². The first kappa shape index (κ1) is 14.8. The van der Waals surface area contributed by atoms with Crippen molar-refractivity contribution in [3.05, 3.63) is 58.9 Å². The number of carbonyl (C=O) groups excluding carboxylic acids is 1. The summed E-state index contributed by atoms with van der Waals surface area (Å²) in [6, 6.07) is 12.2. The lowest BCUT2D eigenvalue weighted by Gasteiger charge is -2.43. The Kier molecular flexibility index (Phi) is 3.87. The fourth-order valence-corrected chi connectivity index (χ4v) is 3.83. The number of H-pyrrole nitrogens is 1. The number of nitrogens with one attached hydrogen (secondary N) is 1. The second-order valence-corrected chi connectivity index (χ2v) is 6.99. The zero-order valence-electron chi connectivity index (χ0n) is 12.9. The van der Waals surface area contributed by atoms with Crippen molar-refractivity contribution in [2.75, 3.05) is 19.6 Å². The molecule has 0 bridgehead atoms. The van der Waals surface area contributed by atoms with Crippen molar-refractivity contribution in [3.63, 3.8) is 0 Å². The van der Waals surface area contributed by atoms with Crippen molar-refractivity contribution >= 4 is 17.5 Å². The number of fused-ring (bicyclic) bond motifs is 1. The molecule has 0 spiro atoms. The summed E-state index contributed by atoms with van der Waals surface area (Å²) in [6.45, 7) is 3.80. The van der Waals surface area contributed by atoms with Crippen molar-refractivity contribution in [1.82, 2.24) is 14.8 Å². The highest BCUT2D eigenvalue weighted by molar-refractivity contribution is 6.30. The Labute approximate surface area is 141 Å². The number of amides is 1. The minimum atomic E-state index is 0.224. The molecule has 4 nitrogen and oxygen atoms in total. The van der Waals surface area contributed by atoms with Gasteiger partial charge in [-0.3, -0.25) is 9.69 Å². The molecular formula is C18H20ClN3O. The molecule has 120 valence electrons.